The first-order chi connectivity index (χ1) is 20.0. The summed E-state index contributed by atoms with van der Waals surface area (Å²) in [7, 11) is 4.77. The number of para-hydroxylation sites is 2. The number of ether oxygens (including phenoxy) is 3. The number of carbonyl (C=O) groups is 1. The van der Waals surface area contributed by atoms with Gasteiger partial charge in [-0.15, -0.1) is 5.10 Å². The molecule has 2 N–H and O–H groups in total. The number of fused-ring (bicyclic) bond motifs is 2. The molecule has 1 atom stereocenters. The molecular formula is C32H29N5O4. The minimum atomic E-state index is -0.678. The molecule has 5 aromatic rings. The maximum atomic E-state index is 14.0. The van der Waals surface area contributed by atoms with Crippen LogP contribution in [0.2, 0.25) is 0 Å². The van der Waals surface area contributed by atoms with Gasteiger partial charge in [0, 0.05) is 16.8 Å². The van der Waals surface area contributed by atoms with Gasteiger partial charge in [-0.2, -0.15) is 4.98 Å². The van der Waals surface area contributed by atoms with Gasteiger partial charge < -0.3 is 24.8 Å². The second-order valence-electron chi connectivity index (χ2n) is 9.56. The normalized spacial score (nSPS) is 14.3. The van der Waals surface area contributed by atoms with Crippen LogP contribution >= 0.6 is 0 Å². The Balaban J connectivity index is 1.52. The lowest BCUT2D eigenvalue weighted by atomic mass is 9.94. The smallest absolute Gasteiger partial charge is 0.255 e. The van der Waals surface area contributed by atoms with Crippen LogP contribution in [0, 0.1) is 0 Å². The van der Waals surface area contributed by atoms with E-state index in [-0.39, 0.29) is 5.91 Å². The topological polar surface area (TPSA) is 99.5 Å². The first kappa shape index (κ1) is 25.9. The van der Waals surface area contributed by atoms with Gasteiger partial charge in [-0.05, 0) is 48.0 Å². The third-order valence-electron chi connectivity index (χ3n) is 7.21. The van der Waals surface area contributed by atoms with Crippen molar-refractivity contribution in [1.82, 2.24) is 14.8 Å². The Morgan fingerprint density at radius 2 is 1.63 bits per heavy atom. The van der Waals surface area contributed by atoms with Crippen molar-refractivity contribution in [3.63, 3.8) is 0 Å². The van der Waals surface area contributed by atoms with E-state index in [0.717, 1.165) is 16.3 Å². The number of nitrogens with one attached hydrogen (secondary N) is 2. The highest BCUT2D eigenvalue weighted by atomic mass is 16.5. The summed E-state index contributed by atoms with van der Waals surface area (Å²) in [6.45, 7) is 1.85. The maximum Gasteiger partial charge on any atom is 0.255 e. The van der Waals surface area contributed by atoms with E-state index in [4.69, 9.17) is 24.3 Å². The van der Waals surface area contributed by atoms with Crippen LogP contribution in [-0.4, -0.2) is 42.0 Å². The fraction of sp³-hybridized carbons (Fsp3) is 0.156. The molecule has 1 aliphatic heterocycles. The van der Waals surface area contributed by atoms with Crippen LogP contribution in [0.15, 0.2) is 96.2 Å². The Morgan fingerprint density at radius 3 is 2.44 bits per heavy atom. The predicted octanol–water partition coefficient (Wildman–Crippen LogP) is 6.05. The van der Waals surface area contributed by atoms with Gasteiger partial charge in [0.2, 0.25) is 5.95 Å². The number of hydrogen-bond donors (Lipinski definition) is 2. The van der Waals surface area contributed by atoms with Gasteiger partial charge in [-0.3, -0.25) is 4.79 Å². The lowest BCUT2D eigenvalue weighted by molar-refractivity contribution is -0.113. The summed E-state index contributed by atoms with van der Waals surface area (Å²) < 4.78 is 18.5. The van der Waals surface area contributed by atoms with Gasteiger partial charge in [0.05, 0.1) is 32.6 Å². The summed E-state index contributed by atoms with van der Waals surface area (Å²) in [5.74, 6) is 2.49. The van der Waals surface area contributed by atoms with E-state index in [0.29, 0.717) is 51.5 Å². The predicted molar refractivity (Wildman–Crippen MR) is 159 cm³/mol. The molecule has 0 fully saturated rings. The molecule has 1 unspecified atom stereocenters. The van der Waals surface area contributed by atoms with Gasteiger partial charge in [-0.1, -0.05) is 54.6 Å². The van der Waals surface area contributed by atoms with Crippen LogP contribution in [0.1, 0.15) is 18.5 Å². The van der Waals surface area contributed by atoms with Crippen LogP contribution in [-0.2, 0) is 4.79 Å². The van der Waals surface area contributed by atoms with Gasteiger partial charge in [-0.25, -0.2) is 4.68 Å². The first-order valence-electron chi connectivity index (χ1n) is 13.1. The van der Waals surface area contributed by atoms with E-state index in [9.17, 15) is 4.79 Å². The molecule has 2 heterocycles. The van der Waals surface area contributed by atoms with Crippen molar-refractivity contribution >= 4 is 28.3 Å². The third kappa shape index (κ3) is 4.61. The summed E-state index contributed by atoms with van der Waals surface area (Å²) in [4.78, 5) is 18.9. The van der Waals surface area contributed by atoms with E-state index < -0.39 is 6.04 Å². The number of benzene rings is 4. The highest BCUT2D eigenvalue weighted by molar-refractivity contribution is 6.07. The summed E-state index contributed by atoms with van der Waals surface area (Å²) in [5, 5.41) is 13.4. The minimum Gasteiger partial charge on any atom is -0.497 e. The van der Waals surface area contributed by atoms with Gasteiger partial charge in [0.1, 0.15) is 23.3 Å². The highest BCUT2D eigenvalue weighted by Gasteiger charge is 2.37. The Morgan fingerprint density at radius 1 is 0.878 bits per heavy atom. The first-order valence-corrected chi connectivity index (χ1v) is 13.1. The Hall–Kier alpha value is -5.31. The largest absolute Gasteiger partial charge is 0.497 e. The summed E-state index contributed by atoms with van der Waals surface area (Å²) in [6.07, 6.45) is 0. The number of rotatable bonds is 7. The molecule has 0 bridgehead atoms. The number of hydrogen-bond acceptors (Lipinski definition) is 7. The van der Waals surface area contributed by atoms with Gasteiger partial charge in [0.15, 0.2) is 5.82 Å². The van der Waals surface area contributed by atoms with E-state index in [1.807, 2.05) is 61.5 Å². The lowest BCUT2D eigenvalue weighted by Gasteiger charge is -2.29. The van der Waals surface area contributed by atoms with Crippen molar-refractivity contribution in [2.24, 2.45) is 0 Å². The molecule has 1 aromatic heterocycles. The van der Waals surface area contributed by atoms with Crippen molar-refractivity contribution < 1.29 is 19.0 Å². The van der Waals surface area contributed by atoms with Crippen molar-refractivity contribution in [1.29, 1.82) is 0 Å². The number of nitrogens with zero attached hydrogens (tertiary/aromatic N) is 3. The second kappa shape index (κ2) is 10.7. The number of carbonyl (C=O) groups excluding carboxylic acids is 1. The zero-order chi connectivity index (χ0) is 28.5. The van der Waals surface area contributed by atoms with Crippen LogP contribution in [0.25, 0.3) is 22.2 Å². The molecule has 206 valence electrons. The van der Waals surface area contributed by atoms with E-state index in [2.05, 4.69) is 28.8 Å². The van der Waals surface area contributed by atoms with Crippen molar-refractivity contribution in [2.45, 2.75) is 13.0 Å². The minimum absolute atomic E-state index is 0.317. The molecule has 6 rings (SSSR count). The van der Waals surface area contributed by atoms with E-state index >= 15 is 0 Å². The number of methoxy groups -OCH3 is 3. The molecule has 41 heavy (non-hydrogen) atoms. The monoisotopic (exact) mass is 547 g/mol. The van der Waals surface area contributed by atoms with Crippen LogP contribution in [0.4, 0.5) is 11.6 Å². The molecule has 9 nitrogen and oxygen atoms in total. The van der Waals surface area contributed by atoms with Crippen molar-refractivity contribution in [2.75, 3.05) is 32.0 Å². The number of aromatic nitrogens is 3. The standard InChI is InChI=1S/C32H29N5O4/c1-19-28(31(38)34-25-14-7-8-15-27(25)41-4)29(24-18-21(39-2)16-17-26(24)40-3)37-32(33-19)35-30(36-37)23-13-9-11-20-10-5-6-12-22(20)23/h5-18,29H,1-4H3,(H,34,38)(H,33,35,36). The third-order valence-corrected chi connectivity index (χ3v) is 7.21. The Kier molecular flexibility index (Phi) is 6.76. The van der Waals surface area contributed by atoms with Crippen LogP contribution in [0.3, 0.4) is 0 Å². The fourth-order valence-electron chi connectivity index (χ4n) is 5.26. The molecule has 1 aliphatic rings. The Labute approximate surface area is 237 Å². The second-order valence-corrected chi connectivity index (χ2v) is 9.56. The summed E-state index contributed by atoms with van der Waals surface area (Å²) in [5.41, 5.74) is 3.23. The summed E-state index contributed by atoms with van der Waals surface area (Å²) in [6, 6.07) is 26.3. The average Bonchev–Trinajstić information content (AvgIpc) is 3.43. The zero-order valence-electron chi connectivity index (χ0n) is 23.1. The lowest BCUT2D eigenvalue weighted by Crippen LogP contribution is -2.31. The Bertz CT molecular complexity index is 1800. The van der Waals surface area contributed by atoms with E-state index in [1.54, 1.807) is 38.1 Å². The fourth-order valence-corrected chi connectivity index (χ4v) is 5.26. The molecule has 0 radical (unpaired) electrons. The molecule has 9 heteroatoms. The maximum absolute atomic E-state index is 14.0. The molecular weight excluding hydrogens is 518 g/mol. The SMILES string of the molecule is COc1ccc(OC)c(C2C(C(=O)Nc3ccccc3OC)=C(C)Nc3nc(-c4cccc5ccccc45)nn32)c1. The van der Waals surface area contributed by atoms with Crippen molar-refractivity contribution in [3.8, 4) is 28.6 Å². The van der Waals surface area contributed by atoms with Crippen LogP contribution in [0.5, 0.6) is 17.2 Å². The van der Waals surface area contributed by atoms with Crippen molar-refractivity contribution in [3.05, 3.63) is 102 Å². The molecule has 0 aliphatic carbocycles. The molecule has 0 saturated carbocycles. The number of amides is 1. The van der Waals surface area contributed by atoms with Crippen LogP contribution < -0.4 is 24.8 Å². The average molecular weight is 548 g/mol. The molecule has 1 amide bonds. The molecule has 4 aromatic carbocycles. The zero-order valence-corrected chi connectivity index (χ0v) is 23.1. The number of anilines is 2. The summed E-state index contributed by atoms with van der Waals surface area (Å²) >= 11 is 0. The molecule has 0 spiro atoms. The molecule has 0 saturated heterocycles. The van der Waals surface area contributed by atoms with Gasteiger partial charge >= 0.3 is 0 Å². The highest BCUT2D eigenvalue weighted by Crippen LogP contribution is 2.42. The van der Waals surface area contributed by atoms with Gasteiger partial charge in [0.25, 0.3) is 5.91 Å². The quantitative estimate of drug-likeness (QED) is 0.256. The number of allylic oxidation sites excluding steroid dienone is 1. The van der Waals surface area contributed by atoms with E-state index in [1.165, 1.54) is 0 Å².